The van der Waals surface area contributed by atoms with Crippen LogP contribution in [0.1, 0.15) is 41.5 Å². The van der Waals surface area contributed by atoms with E-state index in [0.717, 1.165) is 5.30 Å². The number of rotatable bonds is 3. The Hall–Kier alpha value is -0.900. The molecule has 0 atom stereocenters. The molecule has 0 heterocycles. The molecular formula is C16H22F5OP. The summed E-state index contributed by atoms with van der Waals surface area (Å²) in [7, 11) is -0.671. The molecule has 0 aliphatic carbocycles. The van der Waals surface area contributed by atoms with Gasteiger partial charge in [0.25, 0.3) is 0 Å². The van der Waals surface area contributed by atoms with Gasteiger partial charge in [0.05, 0.1) is 0 Å². The van der Waals surface area contributed by atoms with Crippen LogP contribution in [-0.4, -0.2) is 22.6 Å². The van der Waals surface area contributed by atoms with Gasteiger partial charge in [-0.1, -0.05) is 61.6 Å². The number of ether oxygens (including phenoxy) is 1. The van der Waals surface area contributed by atoms with Gasteiger partial charge < -0.3 is 4.74 Å². The average molecular weight is 356 g/mol. The van der Waals surface area contributed by atoms with Crippen molar-refractivity contribution in [2.45, 2.75) is 64.1 Å². The molecular weight excluding hydrogens is 334 g/mol. The summed E-state index contributed by atoms with van der Waals surface area (Å²) in [5.41, 5.74) is 0. The van der Waals surface area contributed by atoms with Gasteiger partial charge in [-0.2, -0.15) is 22.0 Å². The zero-order valence-corrected chi connectivity index (χ0v) is 14.9. The molecule has 0 bridgehead atoms. The summed E-state index contributed by atoms with van der Waals surface area (Å²) in [5.74, 6) is -0.506. The Labute approximate surface area is 135 Å². The van der Waals surface area contributed by atoms with Gasteiger partial charge in [0, 0.05) is 0 Å². The van der Waals surface area contributed by atoms with E-state index in [1.807, 2.05) is 0 Å². The molecule has 0 fully saturated rings. The first-order valence-electron chi connectivity index (χ1n) is 7.10. The van der Waals surface area contributed by atoms with Crippen molar-refractivity contribution in [3.8, 4) is 5.75 Å². The molecule has 0 saturated carbocycles. The van der Waals surface area contributed by atoms with Crippen LogP contribution < -0.4 is 10.0 Å². The minimum Gasteiger partial charge on any atom is -0.426 e. The number of halogens is 5. The number of benzene rings is 1. The fourth-order valence-electron chi connectivity index (χ4n) is 2.65. The van der Waals surface area contributed by atoms with Crippen molar-refractivity contribution >= 4 is 13.2 Å². The molecule has 0 radical (unpaired) electrons. The lowest BCUT2D eigenvalue weighted by atomic mass is 10.2. The Kier molecular flexibility index (Phi) is 5.42. The molecule has 1 rings (SSSR count). The van der Waals surface area contributed by atoms with Gasteiger partial charge in [-0.05, 0) is 27.7 Å². The average Bonchev–Trinajstić information content (AvgIpc) is 2.25. The molecule has 0 spiro atoms. The van der Waals surface area contributed by atoms with Crippen LogP contribution in [0.15, 0.2) is 24.3 Å². The van der Waals surface area contributed by atoms with Gasteiger partial charge >= 0.3 is 12.3 Å². The molecule has 0 aliphatic rings. The summed E-state index contributed by atoms with van der Waals surface area (Å²) in [4.78, 5) is 0. The summed E-state index contributed by atoms with van der Waals surface area (Å²) in [5, 5.41) is 0.861. The lowest BCUT2D eigenvalue weighted by Gasteiger charge is -2.41. The molecule has 1 aromatic carbocycles. The highest BCUT2D eigenvalue weighted by atomic mass is 31.1. The van der Waals surface area contributed by atoms with Crippen LogP contribution in [0.4, 0.5) is 22.0 Å². The van der Waals surface area contributed by atoms with Crippen molar-refractivity contribution in [2.24, 2.45) is 0 Å². The van der Waals surface area contributed by atoms with E-state index in [0.29, 0.717) is 0 Å². The molecule has 23 heavy (non-hydrogen) atoms. The van der Waals surface area contributed by atoms with Crippen molar-refractivity contribution < 1.29 is 26.7 Å². The SMILES string of the molecule is CC(C)(C)P(c1ccc(OC(F)(F)C(F)(F)F)cc1)C(C)(C)C. The van der Waals surface area contributed by atoms with E-state index < -0.39 is 26.0 Å². The highest BCUT2D eigenvalue weighted by molar-refractivity contribution is 7.68. The number of hydrogen-bond donors (Lipinski definition) is 0. The highest BCUT2D eigenvalue weighted by Gasteiger charge is 2.61. The minimum absolute atomic E-state index is 0.0358. The second-order valence-electron chi connectivity index (χ2n) is 7.29. The van der Waals surface area contributed by atoms with E-state index in [9.17, 15) is 22.0 Å². The Balaban J connectivity index is 3.09. The summed E-state index contributed by atoms with van der Waals surface area (Å²) in [6.45, 7) is 12.5. The smallest absolute Gasteiger partial charge is 0.426 e. The third-order valence-electron chi connectivity index (χ3n) is 3.01. The minimum atomic E-state index is -5.74. The Morgan fingerprint density at radius 3 is 1.43 bits per heavy atom. The molecule has 0 N–H and O–H groups in total. The Morgan fingerprint density at radius 2 is 1.13 bits per heavy atom. The maximum Gasteiger partial charge on any atom is 0.499 e. The van der Waals surface area contributed by atoms with Crippen LogP contribution in [0.2, 0.25) is 0 Å². The Bertz CT molecular complexity index is 509. The fourth-order valence-corrected chi connectivity index (χ4v) is 6.66. The molecule has 7 heteroatoms. The van der Waals surface area contributed by atoms with Gasteiger partial charge in [-0.15, -0.1) is 0 Å². The first kappa shape index (κ1) is 20.1. The normalized spacial score (nSPS) is 14.3. The van der Waals surface area contributed by atoms with Crippen molar-refractivity contribution in [2.75, 3.05) is 0 Å². The topological polar surface area (TPSA) is 9.23 Å². The van der Waals surface area contributed by atoms with Crippen LogP contribution in [0.3, 0.4) is 0 Å². The molecule has 132 valence electrons. The Morgan fingerprint density at radius 1 is 0.739 bits per heavy atom. The largest absolute Gasteiger partial charge is 0.499 e. The molecule has 0 saturated heterocycles. The number of hydrogen-bond acceptors (Lipinski definition) is 1. The predicted octanol–water partition coefficient (Wildman–Crippen LogP) is 5.92. The number of alkyl halides is 5. The summed E-state index contributed by atoms with van der Waals surface area (Å²) >= 11 is 0. The van der Waals surface area contributed by atoms with Crippen molar-refractivity contribution in [3.63, 3.8) is 0 Å². The van der Waals surface area contributed by atoms with E-state index >= 15 is 0 Å². The monoisotopic (exact) mass is 356 g/mol. The van der Waals surface area contributed by atoms with E-state index in [1.54, 1.807) is 12.1 Å². The lowest BCUT2D eigenvalue weighted by molar-refractivity contribution is -0.360. The molecule has 1 aromatic rings. The van der Waals surface area contributed by atoms with E-state index in [2.05, 4.69) is 46.3 Å². The van der Waals surface area contributed by atoms with Crippen LogP contribution in [0.5, 0.6) is 5.75 Å². The molecule has 0 unspecified atom stereocenters. The summed E-state index contributed by atoms with van der Waals surface area (Å²) in [6, 6.07) is 5.48. The van der Waals surface area contributed by atoms with Gasteiger partial charge in [-0.25, -0.2) is 0 Å². The second-order valence-corrected chi connectivity index (χ2v) is 11.2. The standard InChI is InChI=1S/C16H22F5OP/c1-13(2,3)23(14(4,5)6)12-9-7-11(8-10-12)22-16(20,21)15(17,18)19/h7-10H,1-6H3. The van der Waals surface area contributed by atoms with Crippen molar-refractivity contribution in [1.82, 2.24) is 0 Å². The van der Waals surface area contributed by atoms with E-state index in [4.69, 9.17) is 0 Å². The predicted molar refractivity (Wildman–Crippen MR) is 84.1 cm³/mol. The fraction of sp³-hybridized carbons (Fsp3) is 0.625. The van der Waals surface area contributed by atoms with Crippen molar-refractivity contribution in [3.05, 3.63) is 24.3 Å². The van der Waals surface area contributed by atoms with Crippen LogP contribution >= 0.6 is 7.92 Å². The summed E-state index contributed by atoms with van der Waals surface area (Å²) < 4.78 is 66.1. The highest BCUT2D eigenvalue weighted by Crippen LogP contribution is 2.58. The van der Waals surface area contributed by atoms with Crippen molar-refractivity contribution in [1.29, 1.82) is 0 Å². The van der Waals surface area contributed by atoms with Gasteiger partial charge in [0.15, 0.2) is 0 Å². The molecule has 0 aromatic heterocycles. The zero-order valence-electron chi connectivity index (χ0n) is 14.1. The quantitative estimate of drug-likeness (QED) is 0.482. The molecule has 0 aliphatic heterocycles. The van der Waals surface area contributed by atoms with E-state index in [1.165, 1.54) is 12.1 Å². The lowest BCUT2D eigenvalue weighted by Crippen LogP contribution is -2.41. The first-order chi connectivity index (χ1) is 10.1. The summed E-state index contributed by atoms with van der Waals surface area (Å²) in [6.07, 6.45) is -10.9. The van der Waals surface area contributed by atoms with Gasteiger partial charge in [-0.3, -0.25) is 0 Å². The zero-order chi connectivity index (χ0) is 18.3. The second kappa shape index (κ2) is 6.19. The maximum atomic E-state index is 12.9. The third kappa shape index (κ3) is 5.03. The molecule has 1 nitrogen and oxygen atoms in total. The first-order valence-corrected chi connectivity index (χ1v) is 8.44. The maximum absolute atomic E-state index is 12.9. The van der Waals surface area contributed by atoms with Gasteiger partial charge in [0.2, 0.25) is 0 Å². The van der Waals surface area contributed by atoms with E-state index in [-0.39, 0.29) is 10.3 Å². The van der Waals surface area contributed by atoms with Crippen LogP contribution in [-0.2, 0) is 0 Å². The van der Waals surface area contributed by atoms with Crippen LogP contribution in [0.25, 0.3) is 0 Å². The molecule has 0 amide bonds. The van der Waals surface area contributed by atoms with Crippen LogP contribution in [0, 0.1) is 0 Å². The van der Waals surface area contributed by atoms with Gasteiger partial charge in [0.1, 0.15) is 5.75 Å². The third-order valence-corrected chi connectivity index (χ3v) is 6.51.